The van der Waals surface area contributed by atoms with E-state index in [0.717, 1.165) is 16.9 Å². The van der Waals surface area contributed by atoms with Gasteiger partial charge in [-0.25, -0.2) is 4.79 Å². The standard InChI is InChI=1S/C13H14N4O2S2/c1-2-16-9-4-3-8(17-12(20)14-15-13(17)21)5-7(9)6-10(16)11(18)19/h3-5,10H,2,6H2,1H3,(H,14,20)(H,15,21)(H,18,19). The summed E-state index contributed by atoms with van der Waals surface area (Å²) in [6, 6.07) is 5.28. The van der Waals surface area contributed by atoms with Gasteiger partial charge in [-0.2, -0.15) is 0 Å². The van der Waals surface area contributed by atoms with Gasteiger partial charge in [-0.15, -0.1) is 0 Å². The molecule has 2 heterocycles. The van der Waals surface area contributed by atoms with E-state index in [9.17, 15) is 9.90 Å². The van der Waals surface area contributed by atoms with Gasteiger partial charge in [0.2, 0.25) is 0 Å². The van der Waals surface area contributed by atoms with E-state index in [1.165, 1.54) is 0 Å². The van der Waals surface area contributed by atoms with E-state index in [1.54, 1.807) is 4.57 Å². The van der Waals surface area contributed by atoms with Crippen LogP contribution in [0.3, 0.4) is 0 Å². The van der Waals surface area contributed by atoms with Crippen molar-refractivity contribution in [2.24, 2.45) is 0 Å². The Balaban J connectivity index is 2.10. The van der Waals surface area contributed by atoms with Gasteiger partial charge in [0.15, 0.2) is 9.54 Å². The van der Waals surface area contributed by atoms with Crippen LogP contribution in [0.2, 0.25) is 0 Å². The number of nitrogens with zero attached hydrogens (tertiary/aromatic N) is 2. The van der Waals surface area contributed by atoms with Gasteiger partial charge in [0.05, 0.1) is 5.69 Å². The summed E-state index contributed by atoms with van der Waals surface area (Å²) in [6.07, 6.45) is 0.487. The Kier molecular flexibility index (Phi) is 3.42. The third-order valence-corrected chi connectivity index (χ3v) is 4.30. The fourth-order valence-corrected chi connectivity index (χ4v) is 3.35. The van der Waals surface area contributed by atoms with Crippen LogP contribution in [0.5, 0.6) is 0 Å². The monoisotopic (exact) mass is 322 g/mol. The lowest BCUT2D eigenvalue weighted by atomic mass is 10.1. The molecule has 0 saturated heterocycles. The number of anilines is 1. The number of aromatic amines is 2. The summed E-state index contributed by atoms with van der Waals surface area (Å²) in [4.78, 5) is 13.3. The van der Waals surface area contributed by atoms with Gasteiger partial charge in [-0.05, 0) is 55.1 Å². The predicted octanol–water partition coefficient (Wildman–Crippen LogP) is 2.43. The first-order valence-corrected chi connectivity index (χ1v) is 7.37. The molecule has 3 rings (SSSR count). The van der Waals surface area contributed by atoms with Crippen LogP contribution < -0.4 is 4.90 Å². The number of carbonyl (C=O) groups is 1. The summed E-state index contributed by atoms with van der Waals surface area (Å²) in [5, 5.41) is 14.9. The third kappa shape index (κ3) is 2.20. The topological polar surface area (TPSA) is 77.0 Å². The number of hydrogen-bond acceptors (Lipinski definition) is 4. The number of H-pyrrole nitrogens is 2. The molecule has 6 nitrogen and oxygen atoms in total. The number of nitrogens with one attached hydrogen (secondary N) is 2. The SMILES string of the molecule is CCN1c2ccc(-n3c(=S)[nH][nH]c3=S)cc2CC1C(=O)O. The van der Waals surface area contributed by atoms with Crippen molar-refractivity contribution in [1.29, 1.82) is 0 Å². The van der Waals surface area contributed by atoms with Crippen molar-refractivity contribution in [3.05, 3.63) is 33.3 Å². The lowest BCUT2D eigenvalue weighted by molar-refractivity contribution is -0.138. The van der Waals surface area contributed by atoms with Gasteiger partial charge in [0.1, 0.15) is 6.04 Å². The first-order chi connectivity index (χ1) is 10.0. The molecule has 1 aliphatic rings. The van der Waals surface area contributed by atoms with Crippen molar-refractivity contribution in [1.82, 2.24) is 14.8 Å². The first-order valence-electron chi connectivity index (χ1n) is 6.55. The predicted molar refractivity (Wildman–Crippen MR) is 84.3 cm³/mol. The van der Waals surface area contributed by atoms with E-state index in [0.29, 0.717) is 22.5 Å². The molecule has 0 aliphatic carbocycles. The van der Waals surface area contributed by atoms with E-state index in [2.05, 4.69) is 10.2 Å². The maximum Gasteiger partial charge on any atom is 0.326 e. The Morgan fingerprint density at radius 2 is 2.05 bits per heavy atom. The molecule has 0 fully saturated rings. The van der Waals surface area contributed by atoms with Crippen LogP contribution in [-0.2, 0) is 11.2 Å². The Labute approximate surface area is 131 Å². The number of carboxylic acid groups (broad SMARTS) is 1. The van der Waals surface area contributed by atoms with E-state index in [4.69, 9.17) is 24.4 Å². The molecule has 0 bridgehead atoms. The second-order valence-electron chi connectivity index (χ2n) is 4.85. The van der Waals surface area contributed by atoms with Crippen molar-refractivity contribution in [3.8, 4) is 5.69 Å². The molecule has 3 N–H and O–H groups in total. The molecule has 1 atom stereocenters. The van der Waals surface area contributed by atoms with Gasteiger partial charge in [0, 0.05) is 18.7 Å². The van der Waals surface area contributed by atoms with Gasteiger partial charge < -0.3 is 10.0 Å². The number of rotatable bonds is 3. The fraction of sp³-hybridized carbons (Fsp3) is 0.308. The Morgan fingerprint density at radius 1 is 1.38 bits per heavy atom. The normalized spacial score (nSPS) is 17.0. The molecule has 1 unspecified atom stereocenters. The second kappa shape index (κ2) is 5.12. The van der Waals surface area contributed by atoms with Crippen LogP contribution >= 0.6 is 24.4 Å². The zero-order valence-corrected chi connectivity index (χ0v) is 12.9. The average molecular weight is 322 g/mol. The number of aliphatic carboxylic acids is 1. The second-order valence-corrected chi connectivity index (χ2v) is 5.63. The zero-order chi connectivity index (χ0) is 15.1. The van der Waals surface area contributed by atoms with Crippen LogP contribution in [0.25, 0.3) is 5.69 Å². The number of carboxylic acids is 1. The molecule has 21 heavy (non-hydrogen) atoms. The minimum Gasteiger partial charge on any atom is -0.480 e. The average Bonchev–Trinajstić information content (AvgIpc) is 2.98. The number of likely N-dealkylation sites (N-methyl/N-ethyl adjacent to an activating group) is 1. The van der Waals surface area contributed by atoms with E-state index >= 15 is 0 Å². The summed E-state index contributed by atoms with van der Waals surface area (Å²) in [5.41, 5.74) is 2.80. The molecule has 1 aromatic heterocycles. The molecule has 110 valence electrons. The smallest absolute Gasteiger partial charge is 0.326 e. The highest BCUT2D eigenvalue weighted by atomic mass is 32.1. The van der Waals surface area contributed by atoms with Crippen molar-refractivity contribution in [2.45, 2.75) is 19.4 Å². The number of hydrogen-bond donors (Lipinski definition) is 3. The van der Waals surface area contributed by atoms with Crippen molar-refractivity contribution >= 4 is 36.1 Å². The van der Waals surface area contributed by atoms with Crippen molar-refractivity contribution < 1.29 is 9.90 Å². The minimum absolute atomic E-state index is 0.486. The lowest BCUT2D eigenvalue weighted by Gasteiger charge is -2.22. The van der Waals surface area contributed by atoms with E-state index < -0.39 is 12.0 Å². The largest absolute Gasteiger partial charge is 0.480 e. The fourth-order valence-electron chi connectivity index (χ4n) is 2.80. The third-order valence-electron chi connectivity index (χ3n) is 3.73. The van der Waals surface area contributed by atoms with Crippen LogP contribution in [0.1, 0.15) is 12.5 Å². The molecule has 0 radical (unpaired) electrons. The lowest BCUT2D eigenvalue weighted by Crippen LogP contribution is -2.38. The molecular weight excluding hydrogens is 308 g/mol. The van der Waals surface area contributed by atoms with Crippen molar-refractivity contribution in [3.63, 3.8) is 0 Å². The molecule has 0 saturated carbocycles. The first kappa shape index (κ1) is 14.0. The summed E-state index contributed by atoms with van der Waals surface area (Å²) in [7, 11) is 0. The highest BCUT2D eigenvalue weighted by Crippen LogP contribution is 2.33. The molecular formula is C13H14N4O2S2. The quantitative estimate of drug-likeness (QED) is 0.757. The van der Waals surface area contributed by atoms with Gasteiger partial charge in [-0.3, -0.25) is 14.8 Å². The molecule has 1 aromatic carbocycles. The molecule has 1 aliphatic heterocycles. The highest BCUT2D eigenvalue weighted by molar-refractivity contribution is 7.72. The van der Waals surface area contributed by atoms with Crippen LogP contribution in [0, 0.1) is 9.54 Å². The van der Waals surface area contributed by atoms with Crippen LogP contribution in [0.15, 0.2) is 18.2 Å². The van der Waals surface area contributed by atoms with E-state index in [1.807, 2.05) is 30.0 Å². The maximum absolute atomic E-state index is 11.4. The summed E-state index contributed by atoms with van der Waals surface area (Å²) in [6.45, 7) is 2.62. The number of benzene rings is 1. The minimum atomic E-state index is -0.801. The molecule has 8 heteroatoms. The van der Waals surface area contributed by atoms with Crippen LogP contribution in [-0.4, -0.2) is 38.4 Å². The highest BCUT2D eigenvalue weighted by Gasteiger charge is 2.33. The molecule has 2 aromatic rings. The summed E-state index contributed by atoms with van der Waals surface area (Å²) >= 11 is 10.4. The van der Waals surface area contributed by atoms with Gasteiger partial charge in [0.25, 0.3) is 0 Å². The molecule has 0 spiro atoms. The van der Waals surface area contributed by atoms with Crippen LogP contribution in [0.4, 0.5) is 5.69 Å². The maximum atomic E-state index is 11.4. The Morgan fingerprint density at radius 3 is 2.62 bits per heavy atom. The zero-order valence-electron chi connectivity index (χ0n) is 11.3. The van der Waals surface area contributed by atoms with Crippen molar-refractivity contribution in [2.75, 3.05) is 11.4 Å². The van der Waals surface area contributed by atoms with Gasteiger partial charge >= 0.3 is 5.97 Å². The number of aromatic nitrogens is 3. The Bertz CT molecular complexity index is 793. The Hall–Kier alpha value is -1.93. The van der Waals surface area contributed by atoms with E-state index in [-0.39, 0.29) is 0 Å². The summed E-state index contributed by atoms with van der Waals surface area (Å²) < 4.78 is 2.69. The summed E-state index contributed by atoms with van der Waals surface area (Å²) in [5.74, 6) is -0.801. The van der Waals surface area contributed by atoms with Gasteiger partial charge in [-0.1, -0.05) is 0 Å². The number of fused-ring (bicyclic) bond motifs is 1. The molecule has 0 amide bonds.